The highest BCUT2D eigenvalue weighted by molar-refractivity contribution is 5.19. The van der Waals surface area contributed by atoms with Crippen LogP contribution < -0.4 is 5.63 Å². The third-order valence-corrected chi connectivity index (χ3v) is 4.39. The fraction of sp³-hybridized carbons (Fsp3) is 0.526. The Morgan fingerprint density at radius 1 is 1.20 bits per heavy atom. The van der Waals surface area contributed by atoms with Crippen LogP contribution in [0, 0.1) is 11.8 Å². The van der Waals surface area contributed by atoms with Gasteiger partial charge in [-0.1, -0.05) is 32.1 Å². The van der Waals surface area contributed by atoms with Crippen LogP contribution in [0.15, 0.2) is 45.1 Å². The lowest BCUT2D eigenvalue weighted by molar-refractivity contribution is 0.0416. The van der Waals surface area contributed by atoms with Gasteiger partial charge in [-0.2, -0.15) is 0 Å². The van der Waals surface area contributed by atoms with Crippen molar-refractivity contribution >= 4 is 0 Å². The number of aliphatic hydroxyl groups is 3. The summed E-state index contributed by atoms with van der Waals surface area (Å²) in [5.41, 5.74) is 0.149. The number of allylic oxidation sites excluding steroid dienone is 1. The van der Waals surface area contributed by atoms with Crippen molar-refractivity contribution in [2.75, 3.05) is 0 Å². The lowest BCUT2D eigenvalue weighted by Crippen LogP contribution is -2.30. The van der Waals surface area contributed by atoms with E-state index in [0.29, 0.717) is 0 Å². The second-order valence-corrected chi connectivity index (χ2v) is 6.44. The zero-order valence-corrected chi connectivity index (χ0v) is 15.1. The lowest BCUT2D eigenvalue weighted by atomic mass is 9.92. The van der Waals surface area contributed by atoms with Crippen LogP contribution in [0.25, 0.3) is 0 Å². The van der Waals surface area contributed by atoms with Gasteiger partial charge in [-0.3, -0.25) is 0 Å². The third kappa shape index (κ3) is 6.49. The molecule has 1 heterocycles. The molecule has 0 saturated carbocycles. The molecule has 0 radical (unpaired) electrons. The van der Waals surface area contributed by atoms with Crippen molar-refractivity contribution in [3.05, 3.63) is 52.1 Å². The molecular formula is C19H28O6. The maximum atomic E-state index is 11.2. The van der Waals surface area contributed by atoms with E-state index in [0.717, 1.165) is 11.6 Å². The zero-order chi connectivity index (χ0) is 19.1. The van der Waals surface area contributed by atoms with Gasteiger partial charge in [-0.25, -0.2) is 4.79 Å². The van der Waals surface area contributed by atoms with Crippen LogP contribution in [0.5, 0.6) is 5.75 Å². The van der Waals surface area contributed by atoms with Gasteiger partial charge in [0.25, 0.3) is 0 Å². The summed E-state index contributed by atoms with van der Waals surface area (Å²) in [5, 5.41) is 39.9. The van der Waals surface area contributed by atoms with Gasteiger partial charge in [0.05, 0.1) is 24.4 Å². The topological polar surface area (TPSA) is 111 Å². The number of aromatic hydroxyl groups is 1. The summed E-state index contributed by atoms with van der Waals surface area (Å²) in [4.78, 5) is 11.2. The summed E-state index contributed by atoms with van der Waals surface area (Å²) in [6, 6.07) is 2.20. The number of aliphatic hydroxyl groups excluding tert-OH is 3. The summed E-state index contributed by atoms with van der Waals surface area (Å²) < 4.78 is 4.91. The molecule has 1 aromatic heterocycles. The molecule has 5 atom stereocenters. The van der Waals surface area contributed by atoms with Gasteiger partial charge >= 0.3 is 5.63 Å². The first-order valence-electron chi connectivity index (χ1n) is 8.34. The van der Waals surface area contributed by atoms with E-state index in [9.17, 15) is 25.2 Å². The maximum Gasteiger partial charge on any atom is 0.339 e. The van der Waals surface area contributed by atoms with Gasteiger partial charge in [0.15, 0.2) is 0 Å². The van der Waals surface area contributed by atoms with Gasteiger partial charge in [0.2, 0.25) is 0 Å². The van der Waals surface area contributed by atoms with Crippen LogP contribution in [0.2, 0.25) is 0 Å². The Bertz CT molecular complexity index is 660. The van der Waals surface area contributed by atoms with Crippen molar-refractivity contribution in [1.82, 2.24) is 0 Å². The van der Waals surface area contributed by atoms with Gasteiger partial charge in [-0.15, -0.1) is 0 Å². The smallest absolute Gasteiger partial charge is 0.339 e. The molecule has 1 rings (SSSR count). The van der Waals surface area contributed by atoms with Crippen molar-refractivity contribution < 1.29 is 24.8 Å². The average Bonchev–Trinajstić information content (AvgIpc) is 2.56. The predicted octanol–water partition coefficient (Wildman–Crippen LogP) is 1.77. The first-order valence-corrected chi connectivity index (χ1v) is 8.34. The molecule has 0 fully saturated rings. The molecule has 6 heteroatoms. The van der Waals surface area contributed by atoms with Crippen molar-refractivity contribution in [3.63, 3.8) is 0 Å². The lowest BCUT2D eigenvalue weighted by Gasteiger charge is -2.22. The molecule has 4 N–H and O–H groups in total. The first kappa shape index (κ1) is 21.2. The Kier molecular flexibility index (Phi) is 8.09. The maximum absolute atomic E-state index is 11.2. The fourth-order valence-corrected chi connectivity index (χ4v) is 2.39. The van der Waals surface area contributed by atoms with E-state index in [1.165, 1.54) is 6.07 Å². The monoisotopic (exact) mass is 352 g/mol. The van der Waals surface area contributed by atoms with E-state index in [1.807, 2.05) is 26.8 Å². The standard InChI is InChI=1S/C19H28O6/c1-5-11(2)19(24)12(3)6-7-16(21)13(4)17(22)10-15-8-14(20)9-18(23)25-15/h5-9,12-13,16-17,19-22,24H,10H2,1-4H3/b7-6+,11-5+/t12-,13?,16?,17?,19+/m0/s1. The van der Waals surface area contributed by atoms with E-state index in [-0.39, 0.29) is 23.8 Å². The third-order valence-electron chi connectivity index (χ3n) is 4.39. The van der Waals surface area contributed by atoms with Crippen molar-refractivity contribution in [2.45, 2.75) is 52.4 Å². The van der Waals surface area contributed by atoms with Crippen LogP contribution in [-0.4, -0.2) is 38.7 Å². The molecule has 1 aromatic rings. The van der Waals surface area contributed by atoms with Crippen molar-refractivity contribution in [1.29, 1.82) is 0 Å². The summed E-state index contributed by atoms with van der Waals surface area (Å²) >= 11 is 0. The highest BCUT2D eigenvalue weighted by Gasteiger charge is 2.23. The van der Waals surface area contributed by atoms with E-state index in [4.69, 9.17) is 4.42 Å². The molecule has 6 nitrogen and oxygen atoms in total. The predicted molar refractivity (Wildman–Crippen MR) is 95.3 cm³/mol. The highest BCUT2D eigenvalue weighted by atomic mass is 16.4. The Morgan fingerprint density at radius 3 is 2.40 bits per heavy atom. The molecule has 0 bridgehead atoms. The molecule has 0 spiro atoms. The molecule has 0 aromatic carbocycles. The Morgan fingerprint density at radius 2 is 1.84 bits per heavy atom. The average molecular weight is 352 g/mol. The number of hydrogen-bond donors (Lipinski definition) is 4. The Hall–Kier alpha value is -1.89. The number of hydrogen-bond acceptors (Lipinski definition) is 6. The number of rotatable bonds is 8. The SMILES string of the molecule is C/C=C(\C)[C@@H](O)[C@@H](C)/C=C/C(O)C(C)C(O)Cc1cc(O)cc(=O)o1. The summed E-state index contributed by atoms with van der Waals surface area (Å²) in [6.45, 7) is 7.19. The second kappa shape index (κ2) is 9.56. The normalized spacial score (nSPS) is 18.8. The van der Waals surface area contributed by atoms with E-state index in [1.54, 1.807) is 19.1 Å². The van der Waals surface area contributed by atoms with Gasteiger partial charge in [0, 0.05) is 24.3 Å². The molecule has 0 aliphatic rings. The van der Waals surface area contributed by atoms with Crippen LogP contribution in [-0.2, 0) is 6.42 Å². The minimum atomic E-state index is -0.970. The van der Waals surface area contributed by atoms with Gasteiger partial charge in [-0.05, 0) is 19.4 Å². The van der Waals surface area contributed by atoms with Crippen molar-refractivity contribution in [3.8, 4) is 5.75 Å². The van der Waals surface area contributed by atoms with Crippen LogP contribution in [0.4, 0.5) is 0 Å². The van der Waals surface area contributed by atoms with E-state index < -0.39 is 29.9 Å². The van der Waals surface area contributed by atoms with Crippen molar-refractivity contribution in [2.24, 2.45) is 11.8 Å². The first-order chi connectivity index (χ1) is 11.6. The molecule has 0 aliphatic heterocycles. The quantitative estimate of drug-likeness (QED) is 0.531. The fourth-order valence-electron chi connectivity index (χ4n) is 2.39. The Labute approximate surface area is 147 Å². The molecule has 0 aliphatic carbocycles. The summed E-state index contributed by atoms with van der Waals surface area (Å²) in [6.07, 6.45) is 2.55. The highest BCUT2D eigenvalue weighted by Crippen LogP contribution is 2.19. The van der Waals surface area contributed by atoms with Crippen LogP contribution in [0.3, 0.4) is 0 Å². The molecule has 25 heavy (non-hydrogen) atoms. The summed E-state index contributed by atoms with van der Waals surface area (Å²) in [5.74, 6) is -0.794. The van der Waals surface area contributed by atoms with Gasteiger partial charge in [0.1, 0.15) is 11.5 Å². The van der Waals surface area contributed by atoms with E-state index in [2.05, 4.69) is 0 Å². The summed E-state index contributed by atoms with van der Waals surface area (Å²) in [7, 11) is 0. The minimum Gasteiger partial charge on any atom is -0.508 e. The molecule has 0 saturated heterocycles. The Balaban J connectivity index is 2.69. The molecule has 0 amide bonds. The van der Waals surface area contributed by atoms with Crippen LogP contribution in [0.1, 0.15) is 33.5 Å². The van der Waals surface area contributed by atoms with E-state index >= 15 is 0 Å². The second-order valence-electron chi connectivity index (χ2n) is 6.44. The molecule has 140 valence electrons. The van der Waals surface area contributed by atoms with Crippen LogP contribution >= 0.6 is 0 Å². The molecular weight excluding hydrogens is 324 g/mol. The minimum absolute atomic E-state index is 0.00837. The molecule has 3 unspecified atom stereocenters. The zero-order valence-electron chi connectivity index (χ0n) is 15.1. The largest absolute Gasteiger partial charge is 0.508 e. The van der Waals surface area contributed by atoms with Gasteiger partial charge < -0.3 is 24.8 Å².